The maximum atomic E-state index is 12.7. The van der Waals surface area contributed by atoms with E-state index in [0.29, 0.717) is 11.4 Å². The highest BCUT2D eigenvalue weighted by Gasteiger charge is 2.39. The standard InChI is InChI=1S/C17H26N2O3S2/c1-15-2-4-16(5-3-15)24(20,21)18-14-17(6-12-23-13-7-17)19-8-10-22-11-9-19/h2-5,18H,6-14H2,1H3. The molecule has 0 unspecified atom stereocenters. The lowest BCUT2D eigenvalue weighted by atomic mass is 9.89. The topological polar surface area (TPSA) is 58.6 Å². The highest BCUT2D eigenvalue weighted by molar-refractivity contribution is 7.99. The van der Waals surface area contributed by atoms with Gasteiger partial charge in [-0.05, 0) is 43.4 Å². The van der Waals surface area contributed by atoms with Crippen molar-refractivity contribution in [1.82, 2.24) is 9.62 Å². The number of sulfonamides is 1. The Labute approximate surface area is 149 Å². The fourth-order valence-electron chi connectivity index (χ4n) is 3.42. The van der Waals surface area contributed by atoms with Crippen LogP contribution < -0.4 is 4.72 Å². The summed E-state index contributed by atoms with van der Waals surface area (Å²) in [5.41, 5.74) is 0.982. The zero-order valence-corrected chi connectivity index (χ0v) is 15.8. The molecule has 0 spiro atoms. The van der Waals surface area contributed by atoms with Crippen LogP contribution in [0.15, 0.2) is 29.2 Å². The molecule has 0 aromatic heterocycles. The van der Waals surface area contributed by atoms with E-state index in [1.807, 2.05) is 30.8 Å². The fourth-order valence-corrected chi connectivity index (χ4v) is 5.80. The number of benzene rings is 1. The van der Waals surface area contributed by atoms with Gasteiger partial charge in [-0.2, -0.15) is 11.8 Å². The van der Waals surface area contributed by atoms with Gasteiger partial charge >= 0.3 is 0 Å². The molecule has 2 fully saturated rings. The van der Waals surface area contributed by atoms with Crippen LogP contribution in [0.3, 0.4) is 0 Å². The van der Waals surface area contributed by atoms with Gasteiger partial charge in [-0.15, -0.1) is 0 Å². The Bertz CT molecular complexity index is 634. The van der Waals surface area contributed by atoms with E-state index in [9.17, 15) is 8.42 Å². The largest absolute Gasteiger partial charge is 0.379 e. The molecule has 1 aromatic carbocycles. The third kappa shape index (κ3) is 4.14. The van der Waals surface area contributed by atoms with Crippen molar-refractivity contribution in [2.45, 2.75) is 30.2 Å². The van der Waals surface area contributed by atoms with E-state index in [2.05, 4.69) is 9.62 Å². The van der Waals surface area contributed by atoms with Gasteiger partial charge in [0.05, 0.1) is 18.1 Å². The molecule has 134 valence electrons. The molecule has 0 atom stereocenters. The Morgan fingerprint density at radius 2 is 1.79 bits per heavy atom. The van der Waals surface area contributed by atoms with Crippen LogP contribution in [0.4, 0.5) is 0 Å². The lowest BCUT2D eigenvalue weighted by Crippen LogP contribution is -2.60. The predicted molar refractivity (Wildman–Crippen MR) is 98.0 cm³/mol. The van der Waals surface area contributed by atoms with Gasteiger partial charge in [0, 0.05) is 25.2 Å². The third-order valence-corrected chi connectivity index (χ3v) is 7.43. The van der Waals surface area contributed by atoms with Crippen molar-refractivity contribution in [2.75, 3.05) is 44.4 Å². The average molecular weight is 371 g/mol. The second kappa shape index (κ2) is 7.74. The minimum absolute atomic E-state index is 0.0766. The van der Waals surface area contributed by atoms with Gasteiger partial charge in [0.2, 0.25) is 10.0 Å². The van der Waals surface area contributed by atoms with Gasteiger partial charge in [-0.1, -0.05) is 17.7 Å². The zero-order valence-electron chi connectivity index (χ0n) is 14.2. The first-order valence-electron chi connectivity index (χ1n) is 8.49. The van der Waals surface area contributed by atoms with E-state index < -0.39 is 10.0 Å². The molecule has 0 radical (unpaired) electrons. The van der Waals surface area contributed by atoms with E-state index in [0.717, 1.165) is 56.2 Å². The first-order valence-corrected chi connectivity index (χ1v) is 11.1. The molecule has 7 heteroatoms. The lowest BCUT2D eigenvalue weighted by molar-refractivity contribution is -0.0242. The number of rotatable bonds is 5. The average Bonchev–Trinajstić information content (AvgIpc) is 2.62. The molecular weight excluding hydrogens is 344 g/mol. The van der Waals surface area contributed by atoms with Gasteiger partial charge in [0.15, 0.2) is 0 Å². The Kier molecular flexibility index (Phi) is 5.87. The predicted octanol–water partition coefficient (Wildman–Crippen LogP) is 1.87. The first-order chi connectivity index (χ1) is 11.5. The molecule has 2 heterocycles. The van der Waals surface area contributed by atoms with Crippen molar-refractivity contribution in [2.24, 2.45) is 0 Å². The summed E-state index contributed by atoms with van der Waals surface area (Å²) in [5, 5.41) is 0. The fraction of sp³-hybridized carbons (Fsp3) is 0.647. The molecule has 1 aromatic rings. The minimum Gasteiger partial charge on any atom is -0.379 e. The minimum atomic E-state index is -3.47. The number of hydrogen-bond donors (Lipinski definition) is 1. The smallest absolute Gasteiger partial charge is 0.240 e. The van der Waals surface area contributed by atoms with Gasteiger partial charge in [-0.25, -0.2) is 13.1 Å². The summed E-state index contributed by atoms with van der Waals surface area (Å²) >= 11 is 1.96. The van der Waals surface area contributed by atoms with E-state index in [-0.39, 0.29) is 5.54 Å². The van der Waals surface area contributed by atoms with E-state index in [4.69, 9.17) is 4.74 Å². The second-order valence-corrected chi connectivity index (χ2v) is 9.57. The quantitative estimate of drug-likeness (QED) is 0.857. The van der Waals surface area contributed by atoms with Gasteiger partial charge in [0.1, 0.15) is 0 Å². The number of aryl methyl sites for hydroxylation is 1. The monoisotopic (exact) mass is 370 g/mol. The van der Waals surface area contributed by atoms with Crippen molar-refractivity contribution in [3.05, 3.63) is 29.8 Å². The summed E-state index contributed by atoms with van der Waals surface area (Å²) in [6.45, 7) is 5.67. The van der Waals surface area contributed by atoms with Crippen LogP contribution in [0.5, 0.6) is 0 Å². The van der Waals surface area contributed by atoms with Gasteiger partial charge in [0.25, 0.3) is 0 Å². The van der Waals surface area contributed by atoms with E-state index >= 15 is 0 Å². The molecule has 0 aliphatic carbocycles. The summed E-state index contributed by atoms with van der Waals surface area (Å²) in [6, 6.07) is 7.03. The molecule has 24 heavy (non-hydrogen) atoms. The maximum Gasteiger partial charge on any atom is 0.240 e. The van der Waals surface area contributed by atoms with Crippen molar-refractivity contribution in [3.8, 4) is 0 Å². The molecule has 2 saturated heterocycles. The Hall–Kier alpha value is -0.600. The number of ether oxygens (including phenoxy) is 1. The first kappa shape index (κ1) is 18.2. The molecule has 2 aliphatic rings. The van der Waals surface area contributed by atoms with Crippen molar-refractivity contribution >= 4 is 21.8 Å². The lowest BCUT2D eigenvalue weighted by Gasteiger charge is -2.48. The molecular formula is C17H26N2O3S2. The highest BCUT2D eigenvalue weighted by Crippen LogP contribution is 2.33. The molecule has 1 N–H and O–H groups in total. The molecule has 0 bridgehead atoms. The second-order valence-electron chi connectivity index (χ2n) is 6.57. The zero-order chi connectivity index (χ0) is 17.0. The SMILES string of the molecule is Cc1ccc(S(=O)(=O)NCC2(N3CCOCC3)CCSCC2)cc1. The molecule has 0 saturated carbocycles. The van der Waals surface area contributed by atoms with Crippen LogP contribution in [0.25, 0.3) is 0 Å². The summed E-state index contributed by atoms with van der Waals surface area (Å²) in [5.74, 6) is 2.17. The van der Waals surface area contributed by atoms with Crippen LogP contribution in [-0.4, -0.2) is 63.2 Å². The Morgan fingerprint density at radius 1 is 1.17 bits per heavy atom. The summed E-state index contributed by atoms with van der Waals surface area (Å²) in [7, 11) is -3.47. The van der Waals surface area contributed by atoms with Crippen molar-refractivity contribution in [1.29, 1.82) is 0 Å². The van der Waals surface area contributed by atoms with Crippen molar-refractivity contribution in [3.63, 3.8) is 0 Å². The highest BCUT2D eigenvalue weighted by atomic mass is 32.2. The van der Waals surface area contributed by atoms with Crippen molar-refractivity contribution < 1.29 is 13.2 Å². The summed E-state index contributed by atoms with van der Waals surface area (Å²) < 4.78 is 33.7. The third-order valence-electron chi connectivity index (χ3n) is 5.03. The number of nitrogens with one attached hydrogen (secondary N) is 1. The summed E-state index contributed by atoms with van der Waals surface area (Å²) in [6.07, 6.45) is 2.04. The van der Waals surface area contributed by atoms with E-state index in [1.54, 1.807) is 12.1 Å². The number of nitrogens with zero attached hydrogens (tertiary/aromatic N) is 1. The van der Waals surface area contributed by atoms with E-state index in [1.165, 1.54) is 0 Å². The molecule has 3 rings (SSSR count). The van der Waals surface area contributed by atoms with Crippen LogP contribution in [0.1, 0.15) is 18.4 Å². The maximum absolute atomic E-state index is 12.7. The molecule has 0 amide bonds. The summed E-state index contributed by atoms with van der Waals surface area (Å²) in [4.78, 5) is 2.78. The number of morpholine rings is 1. The molecule has 2 aliphatic heterocycles. The number of hydrogen-bond acceptors (Lipinski definition) is 5. The van der Waals surface area contributed by atoms with Gasteiger partial charge in [-0.3, -0.25) is 4.90 Å². The van der Waals surface area contributed by atoms with Crippen LogP contribution in [0, 0.1) is 6.92 Å². The van der Waals surface area contributed by atoms with Crippen LogP contribution in [-0.2, 0) is 14.8 Å². The Balaban J connectivity index is 1.74. The van der Waals surface area contributed by atoms with Crippen LogP contribution >= 0.6 is 11.8 Å². The molecule has 5 nitrogen and oxygen atoms in total. The van der Waals surface area contributed by atoms with Gasteiger partial charge < -0.3 is 4.74 Å². The normalized spacial score (nSPS) is 22.4. The Morgan fingerprint density at radius 3 is 2.42 bits per heavy atom. The van der Waals surface area contributed by atoms with Crippen LogP contribution in [0.2, 0.25) is 0 Å². The number of thioether (sulfide) groups is 1.